The first-order chi connectivity index (χ1) is 12.1. The van der Waals surface area contributed by atoms with Gasteiger partial charge in [-0.05, 0) is 43.3 Å². The van der Waals surface area contributed by atoms with E-state index in [9.17, 15) is 5.11 Å². The van der Waals surface area contributed by atoms with Crippen LogP contribution in [0.3, 0.4) is 0 Å². The fourth-order valence-electron chi connectivity index (χ4n) is 2.95. The fraction of sp³-hybridized carbons (Fsp3) is 0.0435. The van der Waals surface area contributed by atoms with Crippen molar-refractivity contribution in [3.8, 4) is 0 Å². The molecule has 0 heterocycles. The highest BCUT2D eigenvalue weighted by molar-refractivity contribution is 7.98. The molecule has 0 saturated carbocycles. The van der Waals surface area contributed by atoms with E-state index in [0.29, 0.717) is 5.57 Å². The van der Waals surface area contributed by atoms with Gasteiger partial charge in [-0.25, -0.2) is 0 Å². The van der Waals surface area contributed by atoms with Gasteiger partial charge in [0.15, 0.2) is 0 Å². The number of rotatable bonds is 5. The first-order valence-corrected chi connectivity index (χ1v) is 10.1. The van der Waals surface area contributed by atoms with E-state index in [1.807, 2.05) is 60.4 Å². The molecule has 3 aromatic carbocycles. The van der Waals surface area contributed by atoms with E-state index in [-0.39, 0.29) is 5.76 Å². The van der Waals surface area contributed by atoms with Crippen LogP contribution in [0.25, 0.3) is 0 Å². The van der Waals surface area contributed by atoms with Crippen LogP contribution < -0.4 is 21.0 Å². The molecule has 3 rings (SSSR count). The van der Waals surface area contributed by atoms with E-state index in [2.05, 4.69) is 43.0 Å². The minimum atomic E-state index is -2.20. The van der Waals surface area contributed by atoms with Crippen molar-refractivity contribution in [2.45, 2.75) is 6.92 Å². The van der Waals surface area contributed by atoms with Gasteiger partial charge in [0.05, 0.1) is 5.82 Å². The molecule has 1 nitrogen and oxygen atoms in total. The van der Waals surface area contributed by atoms with Gasteiger partial charge in [0, 0.05) is 0 Å². The highest BCUT2D eigenvalue weighted by Gasteiger charge is 2.43. The third-order valence-electron chi connectivity index (χ3n) is 4.22. The molecule has 25 heavy (non-hydrogen) atoms. The van der Waals surface area contributed by atoms with Gasteiger partial charge in [-0.2, -0.15) is 0 Å². The Labute approximate surface area is 150 Å². The summed E-state index contributed by atoms with van der Waals surface area (Å²) in [6.07, 6.45) is 0. The average molecular weight is 344 g/mol. The molecular weight excluding hydrogens is 323 g/mol. The van der Waals surface area contributed by atoms with Gasteiger partial charge in [-0.3, -0.25) is 0 Å². The highest BCUT2D eigenvalue weighted by atomic mass is 31.2. The Morgan fingerprint density at radius 2 is 1.04 bits per heavy atom. The van der Waals surface area contributed by atoms with E-state index in [4.69, 9.17) is 0 Å². The Bertz CT molecular complexity index is 771. The van der Waals surface area contributed by atoms with Gasteiger partial charge in [0.2, 0.25) is 0 Å². The Hall–Kier alpha value is -2.63. The number of allylic oxidation sites excluding steroid dienone is 1. The zero-order valence-corrected chi connectivity index (χ0v) is 15.2. The molecule has 0 fully saturated rings. The monoisotopic (exact) mass is 344 g/mol. The summed E-state index contributed by atoms with van der Waals surface area (Å²) >= 11 is 0. The molecule has 0 radical (unpaired) electrons. The molecule has 3 aromatic rings. The first-order valence-electron chi connectivity index (χ1n) is 8.26. The van der Waals surface area contributed by atoms with Crippen molar-refractivity contribution in [3.63, 3.8) is 0 Å². The molecule has 0 aliphatic carbocycles. The third-order valence-corrected chi connectivity index (χ3v) is 8.18. The minimum absolute atomic E-state index is 0.00453. The van der Waals surface area contributed by atoms with Crippen molar-refractivity contribution in [3.05, 3.63) is 115 Å². The molecule has 2 heteroatoms. The third kappa shape index (κ3) is 3.43. The topological polar surface area (TPSA) is 23.1 Å². The number of hydrogen-bond donors (Lipinski definition) is 0. The van der Waals surface area contributed by atoms with Gasteiger partial charge in [0.1, 0.15) is 23.2 Å². The molecule has 124 valence electrons. The van der Waals surface area contributed by atoms with Crippen LogP contribution in [0, 0.1) is 0 Å². The van der Waals surface area contributed by atoms with E-state index >= 15 is 0 Å². The molecule has 0 N–H and O–H groups in total. The summed E-state index contributed by atoms with van der Waals surface area (Å²) in [7, 11) is -2.20. The second-order valence-corrected chi connectivity index (χ2v) is 9.26. The Morgan fingerprint density at radius 3 is 1.32 bits per heavy atom. The second-order valence-electron chi connectivity index (χ2n) is 6.00. The predicted octanol–water partition coefficient (Wildman–Crippen LogP) is 3.76. The molecule has 0 amide bonds. The smallest absolute Gasteiger partial charge is 0.136 e. The van der Waals surface area contributed by atoms with Gasteiger partial charge in [-0.15, -0.1) is 0 Å². The SMILES string of the molecule is C=C(C)/C([O-])=C/[P+](c1ccccc1)(c1ccccc1)c1ccccc1. The highest BCUT2D eigenvalue weighted by Crippen LogP contribution is 2.57. The molecule has 0 aromatic heterocycles. The number of benzene rings is 3. The molecular formula is C23H21OP. The zero-order chi connectivity index (χ0) is 17.7. The Morgan fingerprint density at radius 1 is 0.720 bits per heavy atom. The van der Waals surface area contributed by atoms with Crippen LogP contribution in [-0.4, -0.2) is 0 Å². The lowest BCUT2D eigenvalue weighted by Crippen LogP contribution is -2.30. The van der Waals surface area contributed by atoms with Crippen LogP contribution in [0.1, 0.15) is 6.92 Å². The summed E-state index contributed by atoms with van der Waals surface area (Å²) in [6.45, 7) is 5.63. The van der Waals surface area contributed by atoms with Crippen molar-refractivity contribution < 1.29 is 5.11 Å². The van der Waals surface area contributed by atoms with Gasteiger partial charge in [0.25, 0.3) is 0 Å². The van der Waals surface area contributed by atoms with E-state index in [1.54, 1.807) is 6.92 Å². The Kier molecular flexibility index (Phi) is 5.16. The molecule has 0 aliphatic heterocycles. The first kappa shape index (κ1) is 17.2. The normalized spacial score (nSPS) is 12.0. The standard InChI is InChI=1S/C23H21OP/c1-19(2)23(24)18-25(20-12-6-3-7-13-20,21-14-8-4-9-15-21)22-16-10-5-11-17-22/h3-18H,1H2,2H3/b23-18-. The molecule has 0 saturated heterocycles. The van der Waals surface area contributed by atoms with Gasteiger partial charge in [-0.1, -0.05) is 72.5 Å². The van der Waals surface area contributed by atoms with Crippen molar-refractivity contribution in [2.24, 2.45) is 0 Å². The number of hydrogen-bond acceptors (Lipinski definition) is 1. The van der Waals surface area contributed by atoms with Crippen LogP contribution in [0.5, 0.6) is 0 Å². The molecule has 0 spiro atoms. The molecule has 0 atom stereocenters. The summed E-state index contributed by atoms with van der Waals surface area (Å²) in [6, 6.07) is 31.0. The lowest BCUT2D eigenvalue weighted by Gasteiger charge is -2.26. The van der Waals surface area contributed by atoms with Crippen LogP contribution >= 0.6 is 7.26 Å². The summed E-state index contributed by atoms with van der Waals surface area (Å²) in [5.41, 5.74) is 0.562. The summed E-state index contributed by atoms with van der Waals surface area (Å²) < 4.78 is 0. The molecule has 0 bridgehead atoms. The van der Waals surface area contributed by atoms with Crippen LogP contribution in [0.2, 0.25) is 0 Å². The average Bonchev–Trinajstić information content (AvgIpc) is 2.68. The van der Waals surface area contributed by atoms with Crippen molar-refractivity contribution in [1.29, 1.82) is 0 Å². The zero-order valence-electron chi connectivity index (χ0n) is 14.3. The van der Waals surface area contributed by atoms with E-state index in [0.717, 1.165) is 0 Å². The lowest BCUT2D eigenvalue weighted by atomic mass is 10.3. The quantitative estimate of drug-likeness (QED) is 0.393. The summed E-state index contributed by atoms with van der Waals surface area (Å²) in [4.78, 5) is 0. The van der Waals surface area contributed by atoms with Crippen molar-refractivity contribution in [2.75, 3.05) is 0 Å². The maximum atomic E-state index is 12.8. The Balaban J connectivity index is 2.40. The summed E-state index contributed by atoms with van der Waals surface area (Å²) in [5.74, 6) is 1.92. The molecule has 0 aliphatic rings. The van der Waals surface area contributed by atoms with Gasteiger partial charge < -0.3 is 5.11 Å². The van der Waals surface area contributed by atoms with Gasteiger partial charge >= 0.3 is 0 Å². The van der Waals surface area contributed by atoms with Crippen LogP contribution in [0.4, 0.5) is 0 Å². The largest absolute Gasteiger partial charge is 0.870 e. The maximum Gasteiger partial charge on any atom is 0.136 e. The van der Waals surface area contributed by atoms with Crippen LogP contribution in [-0.2, 0) is 0 Å². The minimum Gasteiger partial charge on any atom is -0.870 e. The van der Waals surface area contributed by atoms with Crippen molar-refractivity contribution in [1.82, 2.24) is 0 Å². The molecule has 0 unspecified atom stereocenters. The van der Waals surface area contributed by atoms with E-state index in [1.165, 1.54) is 15.9 Å². The second kappa shape index (κ2) is 7.51. The van der Waals surface area contributed by atoms with Crippen LogP contribution in [0.15, 0.2) is 115 Å². The van der Waals surface area contributed by atoms with Crippen molar-refractivity contribution >= 4 is 23.2 Å². The van der Waals surface area contributed by atoms with E-state index < -0.39 is 7.26 Å². The lowest BCUT2D eigenvalue weighted by molar-refractivity contribution is -0.296. The summed E-state index contributed by atoms with van der Waals surface area (Å²) in [5, 5.41) is 16.3. The maximum absolute atomic E-state index is 12.8. The fourth-order valence-corrected chi connectivity index (χ4v) is 6.79. The predicted molar refractivity (Wildman–Crippen MR) is 108 cm³/mol.